The Morgan fingerprint density at radius 1 is 1.19 bits per heavy atom. The lowest BCUT2D eigenvalue weighted by Gasteiger charge is -2.39. The average molecular weight is 508 g/mol. The van der Waals surface area contributed by atoms with Crippen LogP contribution in [0, 0.1) is 17.7 Å². The number of tetrazole rings is 1. The van der Waals surface area contributed by atoms with Crippen molar-refractivity contribution in [3.63, 3.8) is 0 Å². The highest BCUT2D eigenvalue weighted by Gasteiger charge is 2.31. The lowest BCUT2D eigenvalue weighted by Crippen LogP contribution is -2.51. The first kappa shape index (κ1) is 25.3. The minimum Gasteiger partial charge on any atom is -0.381 e. The highest BCUT2D eigenvalue weighted by molar-refractivity contribution is 5.90. The van der Waals surface area contributed by atoms with Crippen molar-refractivity contribution in [3.8, 4) is 11.4 Å². The van der Waals surface area contributed by atoms with E-state index in [0.717, 1.165) is 44.5 Å². The molecule has 3 aromatic rings. The van der Waals surface area contributed by atoms with Crippen LogP contribution in [0.25, 0.3) is 11.4 Å². The zero-order valence-corrected chi connectivity index (χ0v) is 21.1. The highest BCUT2D eigenvalue weighted by atomic mass is 19.1. The van der Waals surface area contributed by atoms with Crippen LogP contribution in [0.3, 0.4) is 0 Å². The van der Waals surface area contributed by atoms with Gasteiger partial charge in [0, 0.05) is 50.0 Å². The number of piperidine rings is 1. The molecule has 2 fully saturated rings. The van der Waals surface area contributed by atoms with Crippen molar-refractivity contribution < 1.29 is 13.9 Å². The molecule has 2 aliphatic rings. The normalized spacial score (nSPS) is 22.5. The van der Waals surface area contributed by atoms with Crippen LogP contribution in [0.4, 0.5) is 14.9 Å². The number of anilines is 1. The molecule has 0 saturated carbocycles. The predicted molar refractivity (Wildman–Crippen MR) is 138 cm³/mol. The van der Waals surface area contributed by atoms with E-state index in [1.165, 1.54) is 12.0 Å². The van der Waals surface area contributed by atoms with Gasteiger partial charge in [-0.1, -0.05) is 24.3 Å². The van der Waals surface area contributed by atoms with Crippen LogP contribution in [-0.4, -0.2) is 70.0 Å². The monoisotopic (exact) mass is 507 g/mol. The Kier molecular flexibility index (Phi) is 8.05. The van der Waals surface area contributed by atoms with Crippen LogP contribution in [0.2, 0.25) is 0 Å². The highest BCUT2D eigenvalue weighted by Crippen LogP contribution is 2.25. The Labute approximate surface area is 216 Å². The summed E-state index contributed by atoms with van der Waals surface area (Å²) in [5.41, 5.74) is 2.70. The molecule has 9 nitrogen and oxygen atoms in total. The number of hydrogen-bond acceptors (Lipinski definition) is 6. The first-order chi connectivity index (χ1) is 18.0. The largest absolute Gasteiger partial charge is 0.381 e. The molecule has 2 aliphatic heterocycles. The Hall–Kier alpha value is -3.37. The maximum Gasteiger partial charge on any atom is 0.319 e. The van der Waals surface area contributed by atoms with Gasteiger partial charge in [0.15, 0.2) is 5.82 Å². The van der Waals surface area contributed by atoms with Crippen molar-refractivity contribution in [2.75, 3.05) is 38.2 Å². The Bertz CT molecular complexity index is 1190. The summed E-state index contributed by atoms with van der Waals surface area (Å²) in [6.45, 7) is 4.23. The van der Waals surface area contributed by atoms with Crippen molar-refractivity contribution in [2.24, 2.45) is 18.9 Å². The van der Waals surface area contributed by atoms with E-state index in [1.54, 1.807) is 23.9 Å². The number of aryl methyl sites for hydroxylation is 1. The SMILES string of the molecule is Cn1nnnc1-c1cccc(NC(=O)N[C@@H]2CCOC[C@H]2CN2CCC[C@@H](Cc3ccc(F)cc3)C2)c1. The van der Waals surface area contributed by atoms with Crippen LogP contribution in [0.15, 0.2) is 48.5 Å². The van der Waals surface area contributed by atoms with Crippen molar-refractivity contribution in [1.82, 2.24) is 30.4 Å². The van der Waals surface area contributed by atoms with Crippen LogP contribution < -0.4 is 10.6 Å². The number of rotatable bonds is 7. The quantitative estimate of drug-likeness (QED) is 0.508. The molecule has 0 radical (unpaired) electrons. The fourth-order valence-electron chi connectivity index (χ4n) is 5.48. The minimum absolute atomic E-state index is 0.0392. The fraction of sp³-hybridized carbons (Fsp3) is 0.481. The average Bonchev–Trinajstić information content (AvgIpc) is 3.33. The van der Waals surface area contributed by atoms with Gasteiger partial charge in [-0.3, -0.25) is 0 Å². The second kappa shape index (κ2) is 11.8. The third-order valence-corrected chi connectivity index (χ3v) is 7.32. The number of likely N-dealkylation sites (tertiary alicyclic amines) is 1. The molecule has 2 saturated heterocycles. The van der Waals surface area contributed by atoms with Crippen LogP contribution in [-0.2, 0) is 18.2 Å². The van der Waals surface area contributed by atoms with Gasteiger partial charge in [0.2, 0.25) is 0 Å². The number of hydrogen-bond donors (Lipinski definition) is 2. The second-order valence-electron chi connectivity index (χ2n) is 10.1. The van der Waals surface area contributed by atoms with Crippen molar-refractivity contribution in [2.45, 2.75) is 31.7 Å². The van der Waals surface area contributed by atoms with E-state index in [-0.39, 0.29) is 23.8 Å². The number of carbonyl (C=O) groups is 1. The number of nitrogens with one attached hydrogen (secondary N) is 2. The molecule has 5 rings (SSSR count). The molecule has 0 spiro atoms. The number of carbonyl (C=O) groups excluding carboxylic acids is 1. The number of amides is 2. The predicted octanol–water partition coefficient (Wildman–Crippen LogP) is 3.50. The zero-order chi connectivity index (χ0) is 25.6. The van der Waals surface area contributed by atoms with Gasteiger partial charge in [-0.25, -0.2) is 13.9 Å². The Morgan fingerprint density at radius 3 is 2.86 bits per heavy atom. The first-order valence-electron chi connectivity index (χ1n) is 13.0. The number of nitrogens with zero attached hydrogens (tertiary/aromatic N) is 5. The molecule has 3 atom stereocenters. The van der Waals surface area contributed by atoms with Crippen LogP contribution in [0.1, 0.15) is 24.8 Å². The molecule has 2 aromatic carbocycles. The molecule has 10 heteroatoms. The molecule has 0 aliphatic carbocycles. The zero-order valence-electron chi connectivity index (χ0n) is 21.1. The minimum atomic E-state index is -0.224. The maximum atomic E-state index is 13.3. The van der Waals surface area contributed by atoms with Gasteiger partial charge in [0.05, 0.1) is 6.61 Å². The van der Waals surface area contributed by atoms with Crippen molar-refractivity contribution >= 4 is 11.7 Å². The van der Waals surface area contributed by atoms with Gasteiger partial charge in [-0.2, -0.15) is 0 Å². The van der Waals surface area contributed by atoms with E-state index in [9.17, 15) is 9.18 Å². The smallest absolute Gasteiger partial charge is 0.319 e. The van der Waals surface area contributed by atoms with Gasteiger partial charge in [0.1, 0.15) is 5.82 Å². The van der Waals surface area contributed by atoms with Crippen molar-refractivity contribution in [3.05, 3.63) is 59.9 Å². The summed E-state index contributed by atoms with van der Waals surface area (Å²) in [6.07, 6.45) is 4.08. The van der Waals surface area contributed by atoms with Gasteiger partial charge in [-0.15, -0.1) is 5.10 Å². The molecule has 0 bridgehead atoms. The molecule has 37 heavy (non-hydrogen) atoms. The van der Waals surface area contributed by atoms with E-state index >= 15 is 0 Å². The van der Waals surface area contributed by atoms with Crippen LogP contribution in [0.5, 0.6) is 0 Å². The van der Waals surface area contributed by atoms with E-state index < -0.39 is 0 Å². The summed E-state index contributed by atoms with van der Waals surface area (Å²) >= 11 is 0. The summed E-state index contributed by atoms with van der Waals surface area (Å²) in [5.74, 6) is 1.21. The summed E-state index contributed by atoms with van der Waals surface area (Å²) in [5, 5.41) is 17.7. The maximum absolute atomic E-state index is 13.3. The van der Waals surface area contributed by atoms with Crippen molar-refractivity contribution in [1.29, 1.82) is 0 Å². The standard InChI is InChI=1S/C27H34FN7O2/c1-34-26(31-32-33-34)21-5-2-6-24(15-21)29-27(36)30-25-11-13-37-18-22(25)17-35-12-3-4-20(16-35)14-19-7-9-23(28)10-8-19/h2,5-10,15,20,22,25H,3-4,11-14,16-18H2,1H3,(H2,29,30,36)/t20-,22+,25+/m0/s1. The second-order valence-corrected chi connectivity index (χ2v) is 10.1. The fourth-order valence-corrected chi connectivity index (χ4v) is 5.48. The Morgan fingerprint density at radius 2 is 2.05 bits per heavy atom. The molecule has 3 heterocycles. The molecule has 2 amide bonds. The van der Waals surface area contributed by atoms with E-state index in [2.05, 4.69) is 31.1 Å². The topological polar surface area (TPSA) is 97.2 Å². The molecule has 1 aromatic heterocycles. The number of ether oxygens (including phenoxy) is 1. The molecule has 196 valence electrons. The van der Waals surface area contributed by atoms with Gasteiger partial charge >= 0.3 is 6.03 Å². The summed E-state index contributed by atoms with van der Waals surface area (Å²) in [6, 6.07) is 14.2. The molecular weight excluding hydrogens is 473 g/mol. The van der Waals surface area contributed by atoms with Gasteiger partial charge < -0.3 is 20.3 Å². The number of urea groups is 1. The van der Waals surface area contributed by atoms with Gasteiger partial charge in [-0.05, 0) is 78.4 Å². The molecule has 0 unspecified atom stereocenters. The first-order valence-corrected chi connectivity index (χ1v) is 13.0. The number of halogens is 1. The van der Waals surface area contributed by atoms with E-state index in [1.807, 2.05) is 36.4 Å². The molecular formula is C27H34FN7O2. The van der Waals surface area contributed by atoms with Gasteiger partial charge in [0.25, 0.3) is 0 Å². The number of aromatic nitrogens is 4. The Balaban J connectivity index is 1.16. The summed E-state index contributed by atoms with van der Waals surface area (Å²) in [4.78, 5) is 15.4. The van der Waals surface area contributed by atoms with E-state index in [0.29, 0.717) is 30.6 Å². The third-order valence-electron chi connectivity index (χ3n) is 7.32. The third kappa shape index (κ3) is 6.69. The summed E-state index contributed by atoms with van der Waals surface area (Å²) in [7, 11) is 1.78. The lowest BCUT2D eigenvalue weighted by atomic mass is 9.89. The van der Waals surface area contributed by atoms with E-state index in [4.69, 9.17) is 4.74 Å². The summed E-state index contributed by atoms with van der Waals surface area (Å²) < 4.78 is 20.7. The number of benzene rings is 2. The molecule has 2 N–H and O–H groups in total. The van der Waals surface area contributed by atoms with Crippen LogP contribution >= 0.6 is 0 Å². The lowest BCUT2D eigenvalue weighted by molar-refractivity contribution is 0.0134.